The maximum Gasteiger partial charge on any atom is 0.333 e. The van der Waals surface area contributed by atoms with Gasteiger partial charge in [0.25, 0.3) is 5.56 Å². The Labute approximate surface area is 174 Å². The lowest BCUT2D eigenvalue weighted by Gasteiger charge is -2.24. The van der Waals surface area contributed by atoms with E-state index in [0.29, 0.717) is 18.6 Å². The molecule has 11 heteroatoms. The quantitative estimate of drug-likeness (QED) is 0.414. The van der Waals surface area contributed by atoms with Gasteiger partial charge in [-0.15, -0.1) is 0 Å². The smallest absolute Gasteiger partial charge is 0.333 e. The minimum absolute atomic E-state index is 0.0616. The van der Waals surface area contributed by atoms with Crippen LogP contribution < -0.4 is 16.0 Å². The third-order valence-electron chi connectivity index (χ3n) is 4.44. The van der Waals surface area contributed by atoms with E-state index in [1.54, 1.807) is 38.3 Å². The number of aliphatic hydroxyl groups excluding tert-OH is 1. The molecule has 0 unspecified atom stereocenters. The summed E-state index contributed by atoms with van der Waals surface area (Å²) in [6.45, 7) is 1.55. The van der Waals surface area contributed by atoms with E-state index in [4.69, 9.17) is 28.9 Å². The molecule has 166 valence electrons. The highest BCUT2D eigenvalue weighted by molar-refractivity contribution is 7.39. The Hall–Kier alpha value is -2.07. The van der Waals surface area contributed by atoms with Crippen LogP contribution in [-0.2, 0) is 15.8 Å². The van der Waals surface area contributed by atoms with Crippen molar-refractivity contribution in [2.45, 2.75) is 38.6 Å². The molecule has 1 aromatic heterocycles. The van der Waals surface area contributed by atoms with Crippen molar-refractivity contribution in [2.24, 2.45) is 0 Å². The Morgan fingerprint density at radius 1 is 1.13 bits per heavy atom. The van der Waals surface area contributed by atoms with Crippen LogP contribution in [0.25, 0.3) is 0 Å². The highest BCUT2D eigenvalue weighted by Gasteiger charge is 2.18. The van der Waals surface area contributed by atoms with Crippen LogP contribution in [0.1, 0.15) is 31.6 Å². The van der Waals surface area contributed by atoms with Crippen molar-refractivity contribution in [1.82, 2.24) is 9.13 Å². The van der Waals surface area contributed by atoms with Crippen molar-refractivity contribution >= 4 is 8.60 Å². The normalized spacial score (nSPS) is 13.4. The molecule has 0 fully saturated rings. The molecule has 0 radical (unpaired) electrons. The maximum absolute atomic E-state index is 12.9. The summed E-state index contributed by atoms with van der Waals surface area (Å²) >= 11 is 0. The molecular weight excluding hydrogens is 415 g/mol. The van der Waals surface area contributed by atoms with E-state index in [-0.39, 0.29) is 19.8 Å². The van der Waals surface area contributed by atoms with Crippen molar-refractivity contribution in [2.75, 3.05) is 20.3 Å². The minimum Gasteiger partial charge on any atom is -0.497 e. The molecule has 0 saturated carbocycles. The van der Waals surface area contributed by atoms with Crippen LogP contribution in [0.3, 0.4) is 0 Å². The van der Waals surface area contributed by atoms with Gasteiger partial charge in [-0.1, -0.05) is 12.1 Å². The Morgan fingerprint density at radius 3 is 2.43 bits per heavy atom. The van der Waals surface area contributed by atoms with Gasteiger partial charge in [0.2, 0.25) is 0 Å². The predicted molar refractivity (Wildman–Crippen MR) is 110 cm³/mol. The Balaban J connectivity index is 2.20. The molecule has 0 spiro atoms. The first kappa shape index (κ1) is 24.2. The average Bonchev–Trinajstić information content (AvgIpc) is 2.73. The fourth-order valence-corrected chi connectivity index (χ4v) is 3.17. The van der Waals surface area contributed by atoms with Gasteiger partial charge in [-0.3, -0.25) is 13.9 Å². The first-order chi connectivity index (χ1) is 14.3. The van der Waals surface area contributed by atoms with Gasteiger partial charge in [-0.2, -0.15) is 0 Å². The van der Waals surface area contributed by atoms with Crippen molar-refractivity contribution in [3.05, 3.63) is 62.9 Å². The number of hydrogen-bond acceptors (Lipinski definition) is 8. The zero-order chi connectivity index (χ0) is 22.1. The Bertz CT molecular complexity index is 897. The van der Waals surface area contributed by atoms with Crippen molar-refractivity contribution < 1.29 is 28.9 Å². The van der Waals surface area contributed by atoms with Gasteiger partial charge >= 0.3 is 14.3 Å². The van der Waals surface area contributed by atoms with Gasteiger partial charge in [-0.25, -0.2) is 4.79 Å². The summed E-state index contributed by atoms with van der Waals surface area (Å²) in [5, 5.41) is 9.04. The van der Waals surface area contributed by atoms with Crippen LogP contribution >= 0.6 is 8.60 Å². The number of rotatable bonds is 12. The van der Waals surface area contributed by atoms with Gasteiger partial charge in [0, 0.05) is 18.9 Å². The molecule has 0 bridgehead atoms. The van der Waals surface area contributed by atoms with Gasteiger partial charge in [0.1, 0.15) is 12.0 Å². The van der Waals surface area contributed by atoms with E-state index in [2.05, 4.69) is 0 Å². The second-order valence-corrected chi connectivity index (χ2v) is 7.31. The second-order valence-electron chi connectivity index (χ2n) is 6.55. The largest absolute Gasteiger partial charge is 0.497 e. The summed E-state index contributed by atoms with van der Waals surface area (Å²) < 4.78 is 18.1. The van der Waals surface area contributed by atoms with Crippen LogP contribution in [0, 0.1) is 0 Å². The highest BCUT2D eigenvalue weighted by atomic mass is 31.2. The number of nitrogens with zero attached hydrogens (tertiary/aromatic N) is 2. The van der Waals surface area contributed by atoms with E-state index in [9.17, 15) is 9.59 Å². The van der Waals surface area contributed by atoms with Crippen LogP contribution in [0.15, 0.2) is 46.1 Å². The van der Waals surface area contributed by atoms with E-state index in [1.165, 1.54) is 16.8 Å². The van der Waals surface area contributed by atoms with Crippen LogP contribution in [0.4, 0.5) is 0 Å². The van der Waals surface area contributed by atoms with Gasteiger partial charge in [0.05, 0.1) is 26.4 Å². The molecular formula is C19H27N2O8P. The topological polar surface area (TPSA) is 132 Å². The molecule has 1 heterocycles. The minimum atomic E-state index is -2.54. The number of aromatic nitrogens is 2. The van der Waals surface area contributed by atoms with Gasteiger partial charge < -0.3 is 28.9 Å². The Kier molecular flexibility index (Phi) is 9.64. The molecule has 2 rings (SSSR count). The van der Waals surface area contributed by atoms with E-state index in [1.807, 2.05) is 0 Å². The number of ether oxygens (including phenoxy) is 2. The number of benzene rings is 1. The summed E-state index contributed by atoms with van der Waals surface area (Å²) in [7, 11) is -0.987. The van der Waals surface area contributed by atoms with Crippen LogP contribution in [0.5, 0.6) is 5.75 Å². The van der Waals surface area contributed by atoms with Crippen LogP contribution in [0.2, 0.25) is 0 Å². The molecule has 0 aliphatic carbocycles. The molecule has 30 heavy (non-hydrogen) atoms. The third kappa shape index (κ3) is 7.02. The average molecular weight is 442 g/mol. The number of hydrogen-bond donors (Lipinski definition) is 3. The van der Waals surface area contributed by atoms with E-state index >= 15 is 0 Å². The monoisotopic (exact) mass is 442 g/mol. The van der Waals surface area contributed by atoms with E-state index in [0.717, 1.165) is 10.1 Å². The standard InChI is InChI=1S/C19H27N2O8P/c1-14(29-17(4-3-11-22)13-28-30(25)26)20-10-9-18(23)21(19(20)24)12-15-5-7-16(27-2)8-6-15/h5-10,14,17,22,25-26H,3-4,11-13H2,1-2H3/t14-,17+/m1/s1. The molecule has 0 aliphatic rings. The molecule has 10 nitrogen and oxygen atoms in total. The summed E-state index contributed by atoms with van der Waals surface area (Å²) in [6.07, 6.45) is 0.835. The third-order valence-corrected chi connectivity index (χ3v) is 4.82. The molecule has 0 saturated heterocycles. The molecule has 0 aliphatic heterocycles. The molecule has 2 atom stereocenters. The summed E-state index contributed by atoms with van der Waals surface area (Å²) in [4.78, 5) is 43.1. The fourth-order valence-electron chi connectivity index (χ4n) is 2.87. The van der Waals surface area contributed by atoms with Gasteiger partial charge in [-0.05, 0) is 37.5 Å². The molecule has 1 aromatic carbocycles. The van der Waals surface area contributed by atoms with E-state index < -0.39 is 32.2 Å². The molecule has 2 aromatic rings. The lowest BCUT2D eigenvalue weighted by Crippen LogP contribution is -2.41. The highest BCUT2D eigenvalue weighted by Crippen LogP contribution is 2.26. The first-order valence-corrected chi connectivity index (χ1v) is 10.5. The van der Waals surface area contributed by atoms with Crippen molar-refractivity contribution in [3.63, 3.8) is 0 Å². The first-order valence-electron chi connectivity index (χ1n) is 9.37. The number of methoxy groups -OCH3 is 1. The predicted octanol–water partition coefficient (Wildman–Crippen LogP) is 0.971. The maximum atomic E-state index is 12.9. The lowest BCUT2D eigenvalue weighted by atomic mass is 10.2. The van der Waals surface area contributed by atoms with Crippen molar-refractivity contribution in [3.8, 4) is 5.75 Å². The molecule has 3 N–H and O–H groups in total. The van der Waals surface area contributed by atoms with Crippen LogP contribution in [-0.4, -0.2) is 50.5 Å². The molecule has 0 amide bonds. The lowest BCUT2D eigenvalue weighted by molar-refractivity contribution is -0.0695. The number of aliphatic hydroxyl groups is 1. The second kappa shape index (κ2) is 11.9. The summed E-state index contributed by atoms with van der Waals surface area (Å²) in [5.41, 5.74) is -0.223. The fraction of sp³-hybridized carbons (Fsp3) is 0.474. The van der Waals surface area contributed by atoms with Gasteiger partial charge in [0.15, 0.2) is 0 Å². The SMILES string of the molecule is COc1ccc(Cn2c(=O)ccn([C@@H](C)O[C@@H](CCCO)COP(O)O)c2=O)cc1. The van der Waals surface area contributed by atoms with Crippen molar-refractivity contribution in [1.29, 1.82) is 0 Å². The zero-order valence-electron chi connectivity index (χ0n) is 16.9. The zero-order valence-corrected chi connectivity index (χ0v) is 17.8. The summed E-state index contributed by atoms with van der Waals surface area (Å²) in [5.74, 6) is 0.671. The Morgan fingerprint density at radius 2 is 1.83 bits per heavy atom. The summed E-state index contributed by atoms with van der Waals surface area (Å²) in [6, 6.07) is 8.32.